The van der Waals surface area contributed by atoms with Crippen molar-refractivity contribution in [3.63, 3.8) is 0 Å². The van der Waals surface area contributed by atoms with E-state index in [1.165, 1.54) is 0 Å². The minimum atomic E-state index is 0.425. The van der Waals surface area contributed by atoms with Gasteiger partial charge in [0.25, 0.3) is 0 Å². The normalized spacial score (nSPS) is 10.9. The first-order valence-corrected chi connectivity index (χ1v) is 7.66. The number of nitrogens with zero attached hydrogens (tertiary/aromatic N) is 2. The first kappa shape index (κ1) is 17.7. The molecule has 0 amide bonds. The standard InChI is InChI=1S/C15H28N4O2/c1-5-16-13-9-14(17-7-8-21-10-12(3)4)19-15(18-13)11-20-6-2/h9,12H,5-8,10-11H2,1-4H3,(H2,16,17,18,19). The van der Waals surface area contributed by atoms with Crippen molar-refractivity contribution in [2.75, 3.05) is 43.5 Å². The number of hydrogen-bond donors (Lipinski definition) is 2. The molecule has 0 aliphatic rings. The largest absolute Gasteiger partial charge is 0.379 e. The quantitative estimate of drug-likeness (QED) is 0.612. The van der Waals surface area contributed by atoms with Gasteiger partial charge >= 0.3 is 0 Å². The van der Waals surface area contributed by atoms with Gasteiger partial charge in [0.1, 0.15) is 18.2 Å². The topological polar surface area (TPSA) is 68.3 Å². The lowest BCUT2D eigenvalue weighted by molar-refractivity contribution is 0.118. The highest BCUT2D eigenvalue weighted by Gasteiger charge is 2.04. The molecule has 0 unspecified atom stereocenters. The van der Waals surface area contributed by atoms with Gasteiger partial charge in [0.15, 0.2) is 5.82 Å². The van der Waals surface area contributed by atoms with Gasteiger partial charge < -0.3 is 20.1 Å². The minimum Gasteiger partial charge on any atom is -0.379 e. The molecule has 0 atom stereocenters. The van der Waals surface area contributed by atoms with Crippen molar-refractivity contribution >= 4 is 11.6 Å². The monoisotopic (exact) mass is 296 g/mol. The molecule has 0 aliphatic heterocycles. The van der Waals surface area contributed by atoms with Crippen LogP contribution in [0.4, 0.5) is 11.6 Å². The Labute approximate surface area is 127 Å². The Morgan fingerprint density at radius 1 is 1.10 bits per heavy atom. The Morgan fingerprint density at radius 2 is 1.81 bits per heavy atom. The van der Waals surface area contributed by atoms with Crippen LogP contribution < -0.4 is 10.6 Å². The lowest BCUT2D eigenvalue weighted by atomic mass is 10.2. The van der Waals surface area contributed by atoms with Gasteiger partial charge in [-0.05, 0) is 19.8 Å². The van der Waals surface area contributed by atoms with E-state index >= 15 is 0 Å². The van der Waals surface area contributed by atoms with Crippen LogP contribution in [0.15, 0.2) is 6.07 Å². The molecule has 0 radical (unpaired) electrons. The van der Waals surface area contributed by atoms with Crippen molar-refractivity contribution in [2.24, 2.45) is 5.92 Å². The van der Waals surface area contributed by atoms with Crippen molar-refractivity contribution in [2.45, 2.75) is 34.3 Å². The van der Waals surface area contributed by atoms with Gasteiger partial charge in [-0.15, -0.1) is 0 Å². The van der Waals surface area contributed by atoms with E-state index in [0.717, 1.165) is 31.3 Å². The third-order valence-corrected chi connectivity index (χ3v) is 2.57. The van der Waals surface area contributed by atoms with E-state index < -0.39 is 0 Å². The molecular formula is C15H28N4O2. The van der Waals surface area contributed by atoms with Gasteiger partial charge in [-0.1, -0.05) is 13.8 Å². The van der Waals surface area contributed by atoms with E-state index in [1.807, 2.05) is 19.9 Å². The minimum absolute atomic E-state index is 0.425. The second kappa shape index (κ2) is 10.3. The number of ether oxygens (including phenoxy) is 2. The van der Waals surface area contributed by atoms with Gasteiger partial charge in [-0.3, -0.25) is 0 Å². The molecule has 1 aromatic rings. The van der Waals surface area contributed by atoms with Crippen LogP contribution >= 0.6 is 0 Å². The lowest BCUT2D eigenvalue weighted by Gasteiger charge is -2.11. The molecule has 21 heavy (non-hydrogen) atoms. The summed E-state index contributed by atoms with van der Waals surface area (Å²) in [5, 5.41) is 6.47. The van der Waals surface area contributed by atoms with Gasteiger partial charge in [-0.2, -0.15) is 0 Å². The molecule has 0 fully saturated rings. The molecule has 0 saturated carbocycles. The van der Waals surface area contributed by atoms with Crippen LogP contribution in [0.25, 0.3) is 0 Å². The molecule has 120 valence electrons. The van der Waals surface area contributed by atoms with E-state index in [4.69, 9.17) is 9.47 Å². The van der Waals surface area contributed by atoms with Crippen LogP contribution in [0.1, 0.15) is 33.5 Å². The molecule has 0 bridgehead atoms. The molecular weight excluding hydrogens is 268 g/mol. The first-order chi connectivity index (χ1) is 10.2. The van der Waals surface area contributed by atoms with Crippen LogP contribution in [0.2, 0.25) is 0 Å². The van der Waals surface area contributed by atoms with Crippen LogP contribution in [0, 0.1) is 5.92 Å². The molecule has 1 rings (SSSR count). The molecule has 1 aromatic heterocycles. The lowest BCUT2D eigenvalue weighted by Crippen LogP contribution is -2.14. The van der Waals surface area contributed by atoms with Crippen LogP contribution in [-0.2, 0) is 16.1 Å². The predicted octanol–water partition coefficient (Wildman–Crippen LogP) is 2.53. The Morgan fingerprint density at radius 3 is 2.43 bits per heavy atom. The fourth-order valence-corrected chi connectivity index (χ4v) is 1.69. The summed E-state index contributed by atoms with van der Waals surface area (Å²) in [6, 6.07) is 1.90. The molecule has 1 heterocycles. The summed E-state index contributed by atoms with van der Waals surface area (Å²) in [5.74, 6) is 2.85. The maximum absolute atomic E-state index is 5.54. The number of rotatable bonds is 11. The summed E-state index contributed by atoms with van der Waals surface area (Å²) >= 11 is 0. The number of nitrogens with one attached hydrogen (secondary N) is 2. The zero-order valence-corrected chi connectivity index (χ0v) is 13.6. The van der Waals surface area contributed by atoms with E-state index in [1.54, 1.807) is 0 Å². The molecule has 2 N–H and O–H groups in total. The Balaban J connectivity index is 2.52. The molecule has 0 aromatic carbocycles. The first-order valence-electron chi connectivity index (χ1n) is 7.66. The summed E-state index contributed by atoms with van der Waals surface area (Å²) in [7, 11) is 0. The van der Waals surface area contributed by atoms with Crippen molar-refractivity contribution < 1.29 is 9.47 Å². The summed E-state index contributed by atoms with van der Waals surface area (Å²) in [6.45, 7) is 12.3. The SMILES string of the molecule is CCNc1cc(NCCOCC(C)C)nc(COCC)n1. The molecule has 0 saturated heterocycles. The second-order valence-electron chi connectivity index (χ2n) is 5.12. The summed E-state index contributed by atoms with van der Waals surface area (Å²) in [4.78, 5) is 8.85. The fourth-order valence-electron chi connectivity index (χ4n) is 1.69. The highest BCUT2D eigenvalue weighted by atomic mass is 16.5. The van der Waals surface area contributed by atoms with Crippen molar-refractivity contribution in [3.05, 3.63) is 11.9 Å². The van der Waals surface area contributed by atoms with Crippen molar-refractivity contribution in [1.29, 1.82) is 0 Å². The average Bonchev–Trinajstić information content (AvgIpc) is 2.44. The third-order valence-electron chi connectivity index (χ3n) is 2.57. The summed E-state index contributed by atoms with van der Waals surface area (Å²) < 4.78 is 10.9. The van der Waals surface area contributed by atoms with Crippen molar-refractivity contribution in [1.82, 2.24) is 9.97 Å². The smallest absolute Gasteiger partial charge is 0.158 e. The summed E-state index contributed by atoms with van der Waals surface area (Å²) in [6.07, 6.45) is 0. The fraction of sp³-hybridized carbons (Fsp3) is 0.733. The zero-order chi connectivity index (χ0) is 15.5. The van der Waals surface area contributed by atoms with Crippen LogP contribution in [0.3, 0.4) is 0 Å². The molecule has 6 heteroatoms. The Kier molecular flexibility index (Phi) is 8.69. The predicted molar refractivity (Wildman–Crippen MR) is 85.7 cm³/mol. The second-order valence-corrected chi connectivity index (χ2v) is 5.12. The van der Waals surface area contributed by atoms with Crippen molar-refractivity contribution in [3.8, 4) is 0 Å². The van der Waals surface area contributed by atoms with Gasteiger partial charge in [0.05, 0.1) is 6.61 Å². The summed E-state index contributed by atoms with van der Waals surface area (Å²) in [5.41, 5.74) is 0. The van der Waals surface area contributed by atoms with E-state index in [0.29, 0.717) is 31.6 Å². The maximum atomic E-state index is 5.54. The maximum Gasteiger partial charge on any atom is 0.158 e. The molecule has 0 aliphatic carbocycles. The van der Waals surface area contributed by atoms with E-state index in [-0.39, 0.29) is 0 Å². The number of anilines is 2. The van der Waals surface area contributed by atoms with Gasteiger partial charge in [-0.25, -0.2) is 9.97 Å². The number of aromatic nitrogens is 2. The average molecular weight is 296 g/mol. The highest BCUT2D eigenvalue weighted by molar-refractivity contribution is 5.47. The van der Waals surface area contributed by atoms with Crippen LogP contribution in [0.5, 0.6) is 0 Å². The molecule has 0 spiro atoms. The van der Waals surface area contributed by atoms with E-state index in [9.17, 15) is 0 Å². The zero-order valence-electron chi connectivity index (χ0n) is 13.6. The van der Waals surface area contributed by atoms with Crippen LogP contribution in [-0.4, -0.2) is 42.9 Å². The van der Waals surface area contributed by atoms with E-state index in [2.05, 4.69) is 34.4 Å². The highest BCUT2D eigenvalue weighted by Crippen LogP contribution is 2.11. The van der Waals surface area contributed by atoms with Gasteiger partial charge in [0.2, 0.25) is 0 Å². The van der Waals surface area contributed by atoms with Gasteiger partial charge in [0, 0.05) is 32.4 Å². The Hall–Kier alpha value is -1.40. The third kappa shape index (κ3) is 7.82. The Bertz CT molecular complexity index is 399. The molecule has 6 nitrogen and oxygen atoms in total. The number of hydrogen-bond acceptors (Lipinski definition) is 6.